The standard InChI is InChI=1S/C14H21N3O2/c1-10(2)17-12-11(5-3-8-15-12)13(18)16-9-14(19)6-4-7-14/h3,5,8,10,19H,4,6-7,9H2,1-2H3,(H,15,17)(H,16,18). The first-order chi connectivity index (χ1) is 9.00. The molecule has 0 aromatic carbocycles. The van der Waals surface area contributed by atoms with E-state index in [2.05, 4.69) is 15.6 Å². The van der Waals surface area contributed by atoms with Crippen LogP contribution in [0.1, 0.15) is 43.5 Å². The third-order valence-electron chi connectivity index (χ3n) is 3.34. The number of rotatable bonds is 5. The molecule has 1 saturated carbocycles. The average Bonchev–Trinajstić information content (AvgIpc) is 2.33. The first kappa shape index (κ1) is 13.8. The minimum atomic E-state index is -0.705. The van der Waals surface area contributed by atoms with Crippen LogP contribution in [0.3, 0.4) is 0 Å². The number of hydrogen-bond donors (Lipinski definition) is 3. The number of aromatic nitrogens is 1. The zero-order valence-corrected chi connectivity index (χ0v) is 11.4. The Morgan fingerprint density at radius 2 is 2.26 bits per heavy atom. The Kier molecular flexibility index (Phi) is 4.04. The first-order valence-electron chi connectivity index (χ1n) is 6.72. The molecule has 0 bridgehead atoms. The van der Waals surface area contributed by atoms with Crippen LogP contribution in [0, 0.1) is 0 Å². The van der Waals surface area contributed by atoms with Crippen LogP contribution in [0.2, 0.25) is 0 Å². The van der Waals surface area contributed by atoms with Crippen LogP contribution in [0.25, 0.3) is 0 Å². The minimum absolute atomic E-state index is 0.198. The summed E-state index contributed by atoms with van der Waals surface area (Å²) in [6, 6.07) is 3.67. The van der Waals surface area contributed by atoms with Gasteiger partial charge in [0.25, 0.3) is 5.91 Å². The number of aliphatic hydroxyl groups is 1. The smallest absolute Gasteiger partial charge is 0.255 e. The topological polar surface area (TPSA) is 74.2 Å². The van der Waals surface area contributed by atoms with Crippen LogP contribution in [-0.4, -0.2) is 34.2 Å². The van der Waals surface area contributed by atoms with E-state index < -0.39 is 5.60 Å². The molecule has 1 aromatic heterocycles. The van der Waals surface area contributed by atoms with E-state index in [0.717, 1.165) is 19.3 Å². The van der Waals surface area contributed by atoms with Crippen molar-refractivity contribution < 1.29 is 9.90 Å². The van der Waals surface area contributed by atoms with Gasteiger partial charge in [-0.1, -0.05) is 0 Å². The van der Waals surface area contributed by atoms with Gasteiger partial charge in [0, 0.05) is 18.8 Å². The molecule has 1 aromatic rings. The Balaban J connectivity index is 2.01. The molecule has 0 radical (unpaired) electrons. The lowest BCUT2D eigenvalue weighted by Crippen LogP contribution is -2.47. The number of amides is 1. The fourth-order valence-electron chi connectivity index (χ4n) is 2.08. The van der Waals surface area contributed by atoms with E-state index in [9.17, 15) is 9.90 Å². The molecular formula is C14H21N3O2. The molecule has 3 N–H and O–H groups in total. The Morgan fingerprint density at radius 1 is 1.53 bits per heavy atom. The summed E-state index contributed by atoms with van der Waals surface area (Å²) in [7, 11) is 0. The lowest BCUT2D eigenvalue weighted by atomic mass is 9.80. The van der Waals surface area contributed by atoms with Crippen molar-refractivity contribution in [3.63, 3.8) is 0 Å². The van der Waals surface area contributed by atoms with E-state index >= 15 is 0 Å². The van der Waals surface area contributed by atoms with E-state index in [1.807, 2.05) is 13.8 Å². The van der Waals surface area contributed by atoms with Crippen LogP contribution in [0.4, 0.5) is 5.82 Å². The van der Waals surface area contributed by atoms with Crippen molar-refractivity contribution in [1.29, 1.82) is 0 Å². The van der Waals surface area contributed by atoms with Crippen molar-refractivity contribution in [2.75, 3.05) is 11.9 Å². The van der Waals surface area contributed by atoms with Crippen LogP contribution in [0.15, 0.2) is 18.3 Å². The normalized spacial score (nSPS) is 16.8. The Bertz CT molecular complexity index is 456. The maximum atomic E-state index is 12.1. The predicted molar refractivity (Wildman–Crippen MR) is 74.1 cm³/mol. The highest BCUT2D eigenvalue weighted by atomic mass is 16.3. The summed E-state index contributed by atoms with van der Waals surface area (Å²) in [5.41, 5.74) is -0.192. The van der Waals surface area contributed by atoms with Crippen molar-refractivity contribution >= 4 is 11.7 Å². The Labute approximate surface area is 113 Å². The summed E-state index contributed by atoms with van der Waals surface area (Å²) in [4.78, 5) is 16.3. The third kappa shape index (κ3) is 3.44. The lowest BCUT2D eigenvalue weighted by molar-refractivity contribution is -0.0300. The van der Waals surface area contributed by atoms with Crippen molar-refractivity contribution in [2.24, 2.45) is 0 Å². The number of carbonyl (C=O) groups excluding carboxylic acids is 1. The molecule has 0 aliphatic heterocycles. The predicted octanol–water partition coefficient (Wildman–Crippen LogP) is 1.55. The fourth-order valence-corrected chi connectivity index (χ4v) is 2.08. The second-order valence-electron chi connectivity index (χ2n) is 5.46. The SMILES string of the molecule is CC(C)Nc1ncccc1C(=O)NCC1(O)CCC1. The first-order valence-corrected chi connectivity index (χ1v) is 6.72. The molecule has 104 valence electrons. The van der Waals surface area contributed by atoms with Crippen LogP contribution in [0.5, 0.6) is 0 Å². The molecule has 19 heavy (non-hydrogen) atoms. The highest BCUT2D eigenvalue weighted by Crippen LogP contribution is 2.30. The molecule has 0 unspecified atom stereocenters. The summed E-state index contributed by atoms with van der Waals surface area (Å²) in [5.74, 6) is 0.382. The van der Waals surface area contributed by atoms with Crippen LogP contribution >= 0.6 is 0 Å². The van der Waals surface area contributed by atoms with E-state index in [-0.39, 0.29) is 11.9 Å². The molecule has 1 heterocycles. The molecule has 5 nitrogen and oxygen atoms in total. The summed E-state index contributed by atoms with van der Waals surface area (Å²) in [5, 5.41) is 15.9. The van der Waals surface area contributed by atoms with Gasteiger partial charge in [0.2, 0.25) is 0 Å². The maximum absolute atomic E-state index is 12.1. The van der Waals surface area contributed by atoms with Gasteiger partial charge in [-0.3, -0.25) is 4.79 Å². The fraction of sp³-hybridized carbons (Fsp3) is 0.571. The minimum Gasteiger partial charge on any atom is -0.388 e. The summed E-state index contributed by atoms with van der Waals surface area (Å²) in [6.07, 6.45) is 4.20. The van der Waals surface area contributed by atoms with Gasteiger partial charge in [0.05, 0.1) is 11.2 Å². The van der Waals surface area contributed by atoms with Gasteiger partial charge >= 0.3 is 0 Å². The molecule has 5 heteroatoms. The molecule has 0 atom stereocenters. The third-order valence-corrected chi connectivity index (χ3v) is 3.34. The molecule has 1 fully saturated rings. The van der Waals surface area contributed by atoms with Gasteiger partial charge in [-0.25, -0.2) is 4.98 Å². The van der Waals surface area contributed by atoms with Crippen molar-refractivity contribution in [3.8, 4) is 0 Å². The second-order valence-corrected chi connectivity index (χ2v) is 5.46. The summed E-state index contributed by atoms with van der Waals surface area (Å²) < 4.78 is 0. The van der Waals surface area contributed by atoms with Gasteiger partial charge in [0.15, 0.2) is 0 Å². The van der Waals surface area contributed by atoms with Crippen molar-refractivity contribution in [3.05, 3.63) is 23.9 Å². The van der Waals surface area contributed by atoms with Crippen LogP contribution < -0.4 is 10.6 Å². The number of nitrogens with zero attached hydrogens (tertiary/aromatic N) is 1. The maximum Gasteiger partial charge on any atom is 0.255 e. The van der Waals surface area contributed by atoms with E-state index in [1.54, 1.807) is 18.3 Å². The highest BCUT2D eigenvalue weighted by molar-refractivity contribution is 5.98. The Morgan fingerprint density at radius 3 is 2.84 bits per heavy atom. The molecule has 1 aliphatic carbocycles. The van der Waals surface area contributed by atoms with Crippen molar-refractivity contribution in [2.45, 2.75) is 44.8 Å². The molecule has 1 aliphatic rings. The van der Waals surface area contributed by atoms with Crippen LogP contribution in [-0.2, 0) is 0 Å². The van der Waals surface area contributed by atoms with E-state index in [4.69, 9.17) is 0 Å². The quantitative estimate of drug-likeness (QED) is 0.753. The van der Waals surface area contributed by atoms with Gasteiger partial charge in [-0.15, -0.1) is 0 Å². The number of nitrogens with one attached hydrogen (secondary N) is 2. The van der Waals surface area contributed by atoms with Crippen molar-refractivity contribution in [1.82, 2.24) is 10.3 Å². The molecule has 0 spiro atoms. The number of pyridine rings is 1. The molecule has 0 saturated heterocycles. The number of anilines is 1. The second kappa shape index (κ2) is 5.57. The monoisotopic (exact) mass is 263 g/mol. The molecule has 2 rings (SSSR count). The summed E-state index contributed by atoms with van der Waals surface area (Å²) in [6.45, 7) is 4.29. The zero-order chi connectivity index (χ0) is 13.9. The van der Waals surface area contributed by atoms with Gasteiger partial charge < -0.3 is 15.7 Å². The van der Waals surface area contributed by atoms with Gasteiger partial charge in [-0.2, -0.15) is 0 Å². The average molecular weight is 263 g/mol. The highest BCUT2D eigenvalue weighted by Gasteiger charge is 2.34. The summed E-state index contributed by atoms with van der Waals surface area (Å²) >= 11 is 0. The Hall–Kier alpha value is -1.62. The number of carbonyl (C=O) groups is 1. The molecule has 1 amide bonds. The zero-order valence-electron chi connectivity index (χ0n) is 11.4. The van der Waals surface area contributed by atoms with Gasteiger partial charge in [-0.05, 0) is 45.2 Å². The lowest BCUT2D eigenvalue weighted by Gasteiger charge is -2.36. The number of hydrogen-bond acceptors (Lipinski definition) is 4. The van der Waals surface area contributed by atoms with E-state index in [1.165, 1.54) is 0 Å². The van der Waals surface area contributed by atoms with E-state index in [0.29, 0.717) is 17.9 Å². The molecular weight excluding hydrogens is 242 g/mol. The largest absolute Gasteiger partial charge is 0.388 e. The van der Waals surface area contributed by atoms with Gasteiger partial charge in [0.1, 0.15) is 5.82 Å².